The summed E-state index contributed by atoms with van der Waals surface area (Å²) in [4.78, 5) is 36.0. The van der Waals surface area contributed by atoms with Gasteiger partial charge in [-0.15, -0.1) is 0 Å². The fraction of sp³-hybridized carbons (Fsp3) is 0.143. The van der Waals surface area contributed by atoms with Crippen LogP contribution in [0.15, 0.2) is 63.5 Å². The highest BCUT2D eigenvalue weighted by Gasteiger charge is 2.28. The number of carbonyl (C=O) groups is 2. The van der Waals surface area contributed by atoms with Crippen molar-refractivity contribution < 1.29 is 23.7 Å². The Balaban J connectivity index is 1.87. The van der Waals surface area contributed by atoms with Crippen molar-refractivity contribution in [2.75, 3.05) is 5.32 Å². The van der Waals surface area contributed by atoms with E-state index in [1.54, 1.807) is 50.2 Å². The van der Waals surface area contributed by atoms with Crippen molar-refractivity contribution in [2.45, 2.75) is 20.0 Å². The second kappa shape index (κ2) is 8.91. The van der Waals surface area contributed by atoms with E-state index < -0.39 is 22.9 Å². The summed E-state index contributed by atoms with van der Waals surface area (Å²) in [5.41, 5.74) is 0.881. The van der Waals surface area contributed by atoms with Crippen LogP contribution in [0.5, 0.6) is 0 Å². The lowest BCUT2D eigenvalue weighted by Gasteiger charge is -2.18. The molecular weight excluding hydrogens is 456 g/mol. The number of benzene rings is 2. The van der Waals surface area contributed by atoms with E-state index in [0.29, 0.717) is 27.2 Å². The Labute approximate surface area is 180 Å². The Hall–Kier alpha value is -3.46. The number of nitrogens with one attached hydrogen (secondary N) is 1. The molecule has 1 heterocycles. The molecule has 0 unspecified atom stereocenters. The summed E-state index contributed by atoms with van der Waals surface area (Å²) < 4.78 is 11.2. The Bertz CT molecular complexity index is 1110. The second-order valence-corrected chi connectivity index (χ2v) is 7.29. The van der Waals surface area contributed by atoms with E-state index in [1.807, 2.05) is 0 Å². The van der Waals surface area contributed by atoms with Gasteiger partial charge in [-0.05, 0) is 41.9 Å². The molecule has 2 aromatic carbocycles. The first-order valence-corrected chi connectivity index (χ1v) is 9.63. The van der Waals surface area contributed by atoms with E-state index >= 15 is 0 Å². The van der Waals surface area contributed by atoms with Crippen LogP contribution in [-0.4, -0.2) is 16.8 Å². The fourth-order valence-corrected chi connectivity index (χ4v) is 3.29. The number of nitrogens with zero attached hydrogens (tertiary/aromatic N) is 1. The number of esters is 1. The van der Waals surface area contributed by atoms with E-state index in [4.69, 9.17) is 9.15 Å². The van der Waals surface area contributed by atoms with Gasteiger partial charge in [-0.3, -0.25) is 14.9 Å². The molecule has 0 radical (unpaired) electrons. The lowest BCUT2D eigenvalue weighted by atomic mass is 10.1. The van der Waals surface area contributed by atoms with Crippen molar-refractivity contribution in [1.82, 2.24) is 0 Å². The molecule has 0 bridgehead atoms. The zero-order chi connectivity index (χ0) is 21.8. The van der Waals surface area contributed by atoms with Crippen molar-refractivity contribution in [3.63, 3.8) is 0 Å². The molecule has 9 heteroatoms. The van der Waals surface area contributed by atoms with Gasteiger partial charge in [0.25, 0.3) is 11.6 Å². The van der Waals surface area contributed by atoms with Gasteiger partial charge in [-0.2, -0.15) is 0 Å². The maximum atomic E-state index is 13.0. The van der Waals surface area contributed by atoms with Crippen LogP contribution in [-0.2, 0) is 9.53 Å². The number of halogens is 1. The summed E-state index contributed by atoms with van der Waals surface area (Å²) in [5.74, 6) is -0.365. The number of nitro benzene ring substituents is 1. The third kappa shape index (κ3) is 4.74. The monoisotopic (exact) mass is 472 g/mol. The minimum absolute atomic E-state index is 0.128. The molecule has 0 saturated carbocycles. The third-order valence-corrected chi connectivity index (χ3v) is 4.90. The molecule has 0 aliphatic carbocycles. The molecular formula is C21H17BrN2O6. The SMILES string of the molecule is Cc1cc(C(=O)O[C@@H](C(=O)Nc2ccc([N+](=O)[O-])cc2Br)c2ccccc2)c(C)o1. The molecule has 8 nitrogen and oxygen atoms in total. The predicted molar refractivity (Wildman–Crippen MR) is 112 cm³/mol. The highest BCUT2D eigenvalue weighted by molar-refractivity contribution is 9.10. The summed E-state index contributed by atoms with van der Waals surface area (Å²) >= 11 is 3.21. The predicted octanol–water partition coefficient (Wildman–Crippen LogP) is 5.10. The number of ether oxygens (including phenoxy) is 1. The van der Waals surface area contributed by atoms with Crippen molar-refractivity contribution in [3.8, 4) is 0 Å². The van der Waals surface area contributed by atoms with Crippen molar-refractivity contribution in [2.24, 2.45) is 0 Å². The van der Waals surface area contributed by atoms with Crippen LogP contribution < -0.4 is 5.32 Å². The van der Waals surface area contributed by atoms with E-state index in [1.165, 1.54) is 18.2 Å². The van der Waals surface area contributed by atoms with E-state index in [2.05, 4.69) is 21.2 Å². The first-order valence-electron chi connectivity index (χ1n) is 8.84. The molecule has 0 saturated heterocycles. The number of hydrogen-bond donors (Lipinski definition) is 1. The lowest BCUT2D eigenvalue weighted by molar-refractivity contribution is -0.384. The van der Waals surface area contributed by atoms with Gasteiger partial charge < -0.3 is 14.5 Å². The van der Waals surface area contributed by atoms with Gasteiger partial charge in [-0.25, -0.2) is 4.79 Å². The van der Waals surface area contributed by atoms with Crippen molar-refractivity contribution in [3.05, 3.63) is 91.8 Å². The first-order chi connectivity index (χ1) is 14.3. The number of carbonyl (C=O) groups excluding carboxylic acids is 2. The smallest absolute Gasteiger partial charge is 0.342 e. The van der Waals surface area contributed by atoms with Gasteiger partial charge in [0, 0.05) is 22.2 Å². The summed E-state index contributed by atoms with van der Waals surface area (Å²) in [6.45, 7) is 3.34. The first kappa shape index (κ1) is 21.3. The molecule has 30 heavy (non-hydrogen) atoms. The van der Waals surface area contributed by atoms with Gasteiger partial charge in [-0.1, -0.05) is 30.3 Å². The molecule has 0 fully saturated rings. The Morgan fingerprint density at radius 2 is 1.83 bits per heavy atom. The highest BCUT2D eigenvalue weighted by atomic mass is 79.9. The van der Waals surface area contributed by atoms with Crippen LogP contribution in [0.2, 0.25) is 0 Å². The van der Waals surface area contributed by atoms with Crippen LogP contribution in [0.3, 0.4) is 0 Å². The highest BCUT2D eigenvalue weighted by Crippen LogP contribution is 2.29. The molecule has 1 aromatic heterocycles. The van der Waals surface area contributed by atoms with Crippen molar-refractivity contribution >= 4 is 39.2 Å². The number of aryl methyl sites for hydroxylation is 2. The van der Waals surface area contributed by atoms with Crippen LogP contribution in [0.1, 0.15) is 33.5 Å². The Kier molecular flexibility index (Phi) is 6.31. The van der Waals surface area contributed by atoms with Gasteiger partial charge in [0.2, 0.25) is 6.10 Å². The lowest BCUT2D eigenvalue weighted by Crippen LogP contribution is -2.26. The number of anilines is 1. The number of amides is 1. The quantitative estimate of drug-likeness (QED) is 0.303. The number of nitro groups is 1. The number of hydrogen-bond acceptors (Lipinski definition) is 6. The number of rotatable bonds is 6. The topological polar surface area (TPSA) is 112 Å². The molecule has 3 rings (SSSR count). The van der Waals surface area contributed by atoms with Gasteiger partial charge in [0.15, 0.2) is 0 Å². The Morgan fingerprint density at radius 3 is 2.40 bits per heavy atom. The largest absolute Gasteiger partial charge is 0.466 e. The average Bonchev–Trinajstić information content (AvgIpc) is 3.06. The molecule has 1 amide bonds. The van der Waals surface area contributed by atoms with Crippen molar-refractivity contribution in [1.29, 1.82) is 0 Å². The molecule has 0 aliphatic rings. The summed E-state index contributed by atoms with van der Waals surface area (Å²) in [7, 11) is 0. The molecule has 1 N–H and O–H groups in total. The maximum absolute atomic E-state index is 13.0. The number of non-ortho nitro benzene ring substituents is 1. The minimum atomic E-state index is -1.24. The summed E-state index contributed by atoms with van der Waals surface area (Å²) in [5, 5.41) is 13.5. The summed E-state index contributed by atoms with van der Waals surface area (Å²) in [6.07, 6.45) is -1.24. The molecule has 0 aliphatic heterocycles. The van der Waals surface area contributed by atoms with Crippen LogP contribution in [0.25, 0.3) is 0 Å². The van der Waals surface area contributed by atoms with Crippen LogP contribution in [0, 0.1) is 24.0 Å². The second-order valence-electron chi connectivity index (χ2n) is 6.43. The third-order valence-electron chi connectivity index (χ3n) is 4.25. The molecule has 154 valence electrons. The zero-order valence-electron chi connectivity index (χ0n) is 16.0. The van der Waals surface area contributed by atoms with E-state index in [9.17, 15) is 19.7 Å². The molecule has 1 atom stereocenters. The fourth-order valence-electron chi connectivity index (χ4n) is 2.82. The van der Waals surface area contributed by atoms with Crippen LogP contribution >= 0.6 is 15.9 Å². The Morgan fingerprint density at radius 1 is 1.13 bits per heavy atom. The van der Waals surface area contributed by atoms with Gasteiger partial charge >= 0.3 is 5.97 Å². The normalized spacial score (nSPS) is 11.6. The summed E-state index contributed by atoms with van der Waals surface area (Å²) in [6, 6.07) is 14.0. The molecule has 0 spiro atoms. The average molecular weight is 473 g/mol. The van der Waals surface area contributed by atoms with E-state index in [0.717, 1.165) is 0 Å². The molecule has 3 aromatic rings. The van der Waals surface area contributed by atoms with E-state index in [-0.39, 0.29) is 11.3 Å². The zero-order valence-corrected chi connectivity index (χ0v) is 17.6. The van der Waals surface area contributed by atoms with Crippen LogP contribution in [0.4, 0.5) is 11.4 Å². The van der Waals surface area contributed by atoms with Gasteiger partial charge in [0.05, 0.1) is 10.6 Å². The van der Waals surface area contributed by atoms with Gasteiger partial charge in [0.1, 0.15) is 17.1 Å². The minimum Gasteiger partial charge on any atom is -0.466 e. The number of furan rings is 1. The maximum Gasteiger partial charge on any atom is 0.342 e. The standard InChI is InChI=1S/C21H17BrN2O6/c1-12-10-16(13(2)29-12)21(26)30-19(14-6-4-3-5-7-14)20(25)23-18-9-8-15(24(27)28)11-17(18)22/h3-11,19H,1-2H3,(H,23,25)/t19-/m1/s1.